The minimum atomic E-state index is -0.657. The van der Waals surface area contributed by atoms with E-state index in [1.54, 1.807) is 19.9 Å². The lowest BCUT2D eigenvalue weighted by Gasteiger charge is -2.10. The van der Waals surface area contributed by atoms with Crippen LogP contribution in [-0.4, -0.2) is 28.0 Å². The molecule has 2 aromatic heterocycles. The van der Waals surface area contributed by atoms with Gasteiger partial charge in [-0.15, -0.1) is 0 Å². The number of fused-ring (bicyclic) bond motifs is 1. The molecule has 8 heteroatoms. The number of anilines is 1. The number of nitrogens with one attached hydrogen (secondary N) is 1. The van der Waals surface area contributed by atoms with Crippen molar-refractivity contribution in [1.29, 1.82) is 0 Å². The Bertz CT molecular complexity index is 1130. The highest BCUT2D eigenvalue weighted by atomic mass is 16.5. The van der Waals surface area contributed by atoms with Crippen LogP contribution in [0.3, 0.4) is 0 Å². The van der Waals surface area contributed by atoms with Gasteiger partial charge < -0.3 is 14.5 Å². The van der Waals surface area contributed by atoms with Crippen molar-refractivity contribution >= 4 is 28.7 Å². The summed E-state index contributed by atoms with van der Waals surface area (Å²) in [5, 5.41) is 2.79. The Kier molecular flexibility index (Phi) is 5.81. The summed E-state index contributed by atoms with van der Waals surface area (Å²) in [6.45, 7) is 7.28. The third-order valence-corrected chi connectivity index (χ3v) is 4.49. The third-order valence-electron chi connectivity index (χ3n) is 4.49. The molecule has 29 heavy (non-hydrogen) atoms. The Morgan fingerprint density at radius 2 is 2.07 bits per heavy atom. The lowest BCUT2D eigenvalue weighted by Crippen LogP contribution is -2.28. The molecule has 1 aromatic carbocycles. The van der Waals surface area contributed by atoms with Crippen LogP contribution >= 0.6 is 0 Å². The van der Waals surface area contributed by atoms with Crippen molar-refractivity contribution in [2.75, 3.05) is 11.9 Å². The molecule has 0 spiro atoms. The number of aryl methyl sites for hydroxylation is 1. The predicted octanol–water partition coefficient (Wildman–Crippen LogP) is 3.24. The number of furan rings is 1. The lowest BCUT2D eigenvalue weighted by atomic mass is 10.0. The van der Waals surface area contributed by atoms with Gasteiger partial charge in [-0.1, -0.05) is 26.0 Å². The first-order valence-electron chi connectivity index (χ1n) is 9.37. The van der Waals surface area contributed by atoms with E-state index in [0.717, 1.165) is 10.1 Å². The summed E-state index contributed by atoms with van der Waals surface area (Å²) >= 11 is 0. The number of hydrogen-bond donors (Lipinski definition) is 1. The van der Waals surface area contributed by atoms with Crippen LogP contribution in [0.15, 0.2) is 39.8 Å². The molecule has 2 heterocycles. The maximum atomic E-state index is 12.9. The normalized spacial score (nSPS) is 11.1. The van der Waals surface area contributed by atoms with Crippen molar-refractivity contribution in [2.45, 2.75) is 40.2 Å². The summed E-state index contributed by atoms with van der Waals surface area (Å²) in [5.41, 5.74) is 1.28. The van der Waals surface area contributed by atoms with E-state index in [4.69, 9.17) is 9.15 Å². The average molecular weight is 397 g/mol. The van der Waals surface area contributed by atoms with Gasteiger partial charge in [-0.2, -0.15) is 0 Å². The number of carbonyl (C=O) groups is 2. The zero-order valence-corrected chi connectivity index (χ0v) is 16.8. The third kappa shape index (κ3) is 4.21. The van der Waals surface area contributed by atoms with Gasteiger partial charge in [0.2, 0.25) is 11.6 Å². The first-order valence-corrected chi connectivity index (χ1v) is 9.37. The SMILES string of the molecule is CCOC(=O)c1c(C)oc2ncn(CC(=O)Nc3cccc(C(C)C)c3)c(=O)c12. The van der Waals surface area contributed by atoms with Crippen molar-refractivity contribution in [2.24, 2.45) is 0 Å². The van der Waals surface area contributed by atoms with E-state index in [9.17, 15) is 14.4 Å². The molecule has 0 aliphatic carbocycles. The van der Waals surface area contributed by atoms with Crippen LogP contribution in [-0.2, 0) is 16.1 Å². The fraction of sp³-hybridized carbons (Fsp3) is 0.333. The standard InChI is InChI=1S/C21H23N3O5/c1-5-28-21(27)17-13(4)29-19-18(17)20(26)24(11-22-19)10-16(25)23-15-8-6-7-14(9-15)12(2)3/h6-9,11-12H,5,10H2,1-4H3,(H,23,25). The minimum Gasteiger partial charge on any atom is -0.462 e. The van der Waals surface area contributed by atoms with Crippen LogP contribution in [0.2, 0.25) is 0 Å². The molecule has 8 nitrogen and oxygen atoms in total. The van der Waals surface area contributed by atoms with Gasteiger partial charge in [0.25, 0.3) is 5.56 Å². The summed E-state index contributed by atoms with van der Waals surface area (Å²) in [6, 6.07) is 7.53. The largest absolute Gasteiger partial charge is 0.462 e. The fourth-order valence-electron chi connectivity index (χ4n) is 3.03. The molecule has 1 N–H and O–H groups in total. The Hall–Kier alpha value is -3.42. The van der Waals surface area contributed by atoms with Crippen molar-refractivity contribution < 1.29 is 18.7 Å². The Balaban J connectivity index is 1.88. The van der Waals surface area contributed by atoms with Crippen LogP contribution in [0.5, 0.6) is 0 Å². The summed E-state index contributed by atoms with van der Waals surface area (Å²) in [4.78, 5) is 41.6. The molecule has 0 aliphatic rings. The number of benzene rings is 1. The van der Waals surface area contributed by atoms with E-state index in [0.29, 0.717) is 11.6 Å². The molecular formula is C21H23N3O5. The monoisotopic (exact) mass is 397 g/mol. The van der Waals surface area contributed by atoms with Crippen LogP contribution in [0.25, 0.3) is 11.1 Å². The first-order chi connectivity index (χ1) is 13.8. The van der Waals surface area contributed by atoms with Crippen LogP contribution in [0.4, 0.5) is 5.69 Å². The Morgan fingerprint density at radius 3 is 2.76 bits per heavy atom. The van der Waals surface area contributed by atoms with E-state index in [1.807, 2.05) is 18.2 Å². The van der Waals surface area contributed by atoms with Gasteiger partial charge in [0.1, 0.15) is 29.6 Å². The average Bonchev–Trinajstić information content (AvgIpc) is 3.01. The quantitative estimate of drug-likeness (QED) is 0.641. The molecule has 0 atom stereocenters. The van der Waals surface area contributed by atoms with Gasteiger partial charge in [0.15, 0.2) is 0 Å². The molecule has 0 bridgehead atoms. The zero-order valence-electron chi connectivity index (χ0n) is 16.8. The van der Waals surface area contributed by atoms with E-state index in [-0.39, 0.29) is 41.5 Å². The first kappa shape index (κ1) is 20.3. The molecule has 0 radical (unpaired) electrons. The molecule has 0 aliphatic heterocycles. The second-order valence-electron chi connectivity index (χ2n) is 6.94. The highest BCUT2D eigenvalue weighted by molar-refractivity contribution is 6.03. The summed E-state index contributed by atoms with van der Waals surface area (Å²) in [5.74, 6) is -0.468. The molecule has 0 unspecified atom stereocenters. The van der Waals surface area contributed by atoms with Crippen molar-refractivity contribution in [3.8, 4) is 0 Å². The molecular weight excluding hydrogens is 374 g/mol. The number of amides is 1. The van der Waals surface area contributed by atoms with E-state index >= 15 is 0 Å². The fourth-order valence-corrected chi connectivity index (χ4v) is 3.03. The van der Waals surface area contributed by atoms with E-state index < -0.39 is 11.5 Å². The Labute approximate surface area is 167 Å². The van der Waals surface area contributed by atoms with Gasteiger partial charge in [0.05, 0.1) is 6.61 Å². The van der Waals surface area contributed by atoms with E-state index in [2.05, 4.69) is 24.1 Å². The number of aromatic nitrogens is 2. The predicted molar refractivity (Wildman–Crippen MR) is 108 cm³/mol. The highest BCUT2D eigenvalue weighted by Crippen LogP contribution is 2.22. The van der Waals surface area contributed by atoms with Gasteiger partial charge in [-0.25, -0.2) is 9.78 Å². The van der Waals surface area contributed by atoms with Crippen molar-refractivity contribution in [1.82, 2.24) is 9.55 Å². The van der Waals surface area contributed by atoms with Crippen LogP contribution in [0.1, 0.15) is 48.4 Å². The summed E-state index contributed by atoms with van der Waals surface area (Å²) in [6.07, 6.45) is 1.23. The smallest absolute Gasteiger partial charge is 0.342 e. The zero-order chi connectivity index (χ0) is 21.1. The van der Waals surface area contributed by atoms with E-state index in [1.165, 1.54) is 6.33 Å². The molecule has 3 aromatic rings. The van der Waals surface area contributed by atoms with Crippen LogP contribution in [0, 0.1) is 6.92 Å². The molecule has 0 saturated heterocycles. The summed E-state index contributed by atoms with van der Waals surface area (Å²) < 4.78 is 11.6. The number of rotatable bonds is 6. The van der Waals surface area contributed by atoms with Gasteiger partial charge >= 0.3 is 5.97 Å². The molecule has 3 rings (SSSR count). The number of esters is 1. The molecule has 152 valence electrons. The summed E-state index contributed by atoms with van der Waals surface area (Å²) in [7, 11) is 0. The van der Waals surface area contributed by atoms with Gasteiger partial charge in [0, 0.05) is 5.69 Å². The number of hydrogen-bond acceptors (Lipinski definition) is 6. The van der Waals surface area contributed by atoms with Gasteiger partial charge in [-0.05, 0) is 37.5 Å². The van der Waals surface area contributed by atoms with Crippen LogP contribution < -0.4 is 10.9 Å². The number of ether oxygens (including phenoxy) is 1. The second-order valence-corrected chi connectivity index (χ2v) is 6.94. The number of carbonyl (C=O) groups excluding carboxylic acids is 2. The highest BCUT2D eigenvalue weighted by Gasteiger charge is 2.24. The van der Waals surface area contributed by atoms with Gasteiger partial charge in [-0.3, -0.25) is 14.2 Å². The van der Waals surface area contributed by atoms with Crippen molar-refractivity contribution in [3.05, 3.63) is 57.8 Å². The second kappa shape index (κ2) is 8.30. The number of nitrogens with zero attached hydrogens (tertiary/aromatic N) is 2. The molecule has 0 saturated carbocycles. The maximum Gasteiger partial charge on any atom is 0.342 e. The molecule has 0 fully saturated rings. The minimum absolute atomic E-state index is 0.0121. The lowest BCUT2D eigenvalue weighted by molar-refractivity contribution is -0.116. The Morgan fingerprint density at radius 1 is 1.31 bits per heavy atom. The maximum absolute atomic E-state index is 12.9. The topological polar surface area (TPSA) is 103 Å². The van der Waals surface area contributed by atoms with Crippen molar-refractivity contribution in [3.63, 3.8) is 0 Å². The molecule has 1 amide bonds.